The van der Waals surface area contributed by atoms with Gasteiger partial charge in [0.25, 0.3) is 0 Å². The molecule has 0 unspecified atom stereocenters. The number of rotatable bonds is 6. The van der Waals surface area contributed by atoms with Crippen molar-refractivity contribution in [2.24, 2.45) is 0 Å². The fourth-order valence-electron chi connectivity index (χ4n) is 3.76. The summed E-state index contributed by atoms with van der Waals surface area (Å²) < 4.78 is 12.7. The average molecular weight is 391 g/mol. The van der Waals surface area contributed by atoms with Gasteiger partial charge in [0.15, 0.2) is 0 Å². The number of carbonyl (C=O) groups excluding carboxylic acids is 1. The maximum absolute atomic E-state index is 11.7. The molecule has 0 saturated heterocycles. The van der Waals surface area contributed by atoms with Crippen molar-refractivity contribution in [3.63, 3.8) is 0 Å². The van der Waals surface area contributed by atoms with Crippen molar-refractivity contribution in [1.29, 1.82) is 0 Å². The molecule has 0 spiro atoms. The SMILES string of the molecule is C=CCOC(=O)Nc1ccc(-c2c(N)c3cc(OC)ccc3n2C2CCC2)cc1. The van der Waals surface area contributed by atoms with Gasteiger partial charge in [0.2, 0.25) is 0 Å². The molecule has 4 rings (SSSR count). The van der Waals surface area contributed by atoms with Crippen LogP contribution in [0.25, 0.3) is 22.2 Å². The number of nitrogens with two attached hydrogens (primary N) is 1. The summed E-state index contributed by atoms with van der Waals surface area (Å²) in [6.07, 6.45) is 4.55. The Labute approximate surface area is 169 Å². The van der Waals surface area contributed by atoms with Gasteiger partial charge in [0.1, 0.15) is 12.4 Å². The molecule has 0 radical (unpaired) electrons. The molecule has 0 bridgehead atoms. The average Bonchev–Trinajstić information content (AvgIpc) is 2.97. The predicted octanol–water partition coefficient (Wildman–Crippen LogP) is 5.36. The predicted molar refractivity (Wildman–Crippen MR) is 116 cm³/mol. The zero-order valence-electron chi connectivity index (χ0n) is 16.5. The highest BCUT2D eigenvalue weighted by molar-refractivity contribution is 6.02. The normalized spacial score (nSPS) is 13.7. The summed E-state index contributed by atoms with van der Waals surface area (Å²) in [7, 11) is 1.66. The first kappa shape index (κ1) is 18.9. The van der Waals surface area contributed by atoms with E-state index in [9.17, 15) is 4.79 Å². The number of hydrogen-bond donors (Lipinski definition) is 2. The lowest BCUT2D eigenvalue weighted by atomic mass is 9.92. The molecule has 1 heterocycles. The molecular weight excluding hydrogens is 366 g/mol. The van der Waals surface area contributed by atoms with E-state index in [0.717, 1.165) is 46.4 Å². The molecule has 3 N–H and O–H groups in total. The van der Waals surface area contributed by atoms with E-state index in [0.29, 0.717) is 11.7 Å². The highest BCUT2D eigenvalue weighted by atomic mass is 16.5. The van der Waals surface area contributed by atoms with E-state index in [1.54, 1.807) is 7.11 Å². The molecular formula is C23H25N3O3. The summed E-state index contributed by atoms with van der Waals surface area (Å²) in [5.74, 6) is 0.791. The minimum absolute atomic E-state index is 0.172. The van der Waals surface area contributed by atoms with Gasteiger partial charge in [-0.2, -0.15) is 0 Å². The lowest BCUT2D eigenvalue weighted by molar-refractivity contribution is 0.174. The molecule has 0 aliphatic heterocycles. The van der Waals surface area contributed by atoms with E-state index in [1.807, 2.05) is 36.4 Å². The number of methoxy groups -OCH3 is 1. The van der Waals surface area contributed by atoms with Crippen LogP contribution in [-0.2, 0) is 4.74 Å². The van der Waals surface area contributed by atoms with Gasteiger partial charge in [0.05, 0.1) is 24.0 Å². The maximum Gasteiger partial charge on any atom is 0.411 e. The zero-order valence-corrected chi connectivity index (χ0v) is 16.5. The summed E-state index contributed by atoms with van der Waals surface area (Å²) in [6.45, 7) is 3.70. The Balaban J connectivity index is 1.72. The summed E-state index contributed by atoms with van der Waals surface area (Å²) in [5, 5.41) is 3.71. The van der Waals surface area contributed by atoms with E-state index >= 15 is 0 Å². The van der Waals surface area contributed by atoms with Crippen molar-refractivity contribution in [1.82, 2.24) is 4.57 Å². The smallest absolute Gasteiger partial charge is 0.411 e. The van der Waals surface area contributed by atoms with E-state index < -0.39 is 6.09 Å². The maximum atomic E-state index is 11.7. The van der Waals surface area contributed by atoms with Gasteiger partial charge in [-0.3, -0.25) is 5.32 Å². The van der Waals surface area contributed by atoms with Crippen LogP contribution in [0.15, 0.2) is 55.1 Å². The Morgan fingerprint density at radius 2 is 2.03 bits per heavy atom. The number of benzene rings is 2. The van der Waals surface area contributed by atoms with Gasteiger partial charge in [-0.1, -0.05) is 24.8 Å². The Bertz CT molecular complexity index is 1050. The van der Waals surface area contributed by atoms with E-state index in [1.165, 1.54) is 12.5 Å². The van der Waals surface area contributed by atoms with Gasteiger partial charge >= 0.3 is 6.09 Å². The molecule has 3 aromatic rings. The fraction of sp³-hybridized carbons (Fsp3) is 0.261. The molecule has 2 aromatic carbocycles. The highest BCUT2D eigenvalue weighted by Crippen LogP contribution is 2.44. The number of nitrogens with one attached hydrogen (secondary N) is 1. The van der Waals surface area contributed by atoms with Crippen molar-refractivity contribution in [2.45, 2.75) is 25.3 Å². The fourth-order valence-corrected chi connectivity index (χ4v) is 3.76. The molecule has 0 atom stereocenters. The summed E-state index contributed by atoms with van der Waals surface area (Å²) in [6, 6.07) is 14.2. The highest BCUT2D eigenvalue weighted by Gasteiger charge is 2.27. The van der Waals surface area contributed by atoms with Crippen LogP contribution < -0.4 is 15.8 Å². The molecule has 1 amide bonds. The topological polar surface area (TPSA) is 78.5 Å². The minimum Gasteiger partial charge on any atom is -0.497 e. The molecule has 1 aliphatic carbocycles. The van der Waals surface area contributed by atoms with Crippen molar-refractivity contribution in [3.05, 3.63) is 55.1 Å². The summed E-state index contributed by atoms with van der Waals surface area (Å²) in [4.78, 5) is 11.7. The van der Waals surface area contributed by atoms with Gasteiger partial charge < -0.3 is 19.8 Å². The van der Waals surface area contributed by atoms with Crippen LogP contribution in [0, 0.1) is 0 Å². The van der Waals surface area contributed by atoms with Crippen LogP contribution >= 0.6 is 0 Å². The van der Waals surface area contributed by atoms with Gasteiger partial charge in [-0.15, -0.1) is 0 Å². The molecule has 1 saturated carbocycles. The molecule has 150 valence electrons. The van der Waals surface area contributed by atoms with E-state index in [2.05, 4.69) is 22.5 Å². The third-order valence-electron chi connectivity index (χ3n) is 5.43. The monoisotopic (exact) mass is 391 g/mol. The van der Waals surface area contributed by atoms with Crippen LogP contribution in [0.5, 0.6) is 5.75 Å². The Kier molecular flexibility index (Phi) is 5.16. The second-order valence-corrected chi connectivity index (χ2v) is 7.19. The minimum atomic E-state index is -0.507. The summed E-state index contributed by atoms with van der Waals surface area (Å²) in [5.41, 5.74) is 11.2. The first-order valence-corrected chi connectivity index (χ1v) is 9.75. The third-order valence-corrected chi connectivity index (χ3v) is 5.43. The number of nitrogen functional groups attached to an aromatic ring is 1. The second-order valence-electron chi connectivity index (χ2n) is 7.19. The molecule has 29 heavy (non-hydrogen) atoms. The Morgan fingerprint density at radius 3 is 2.66 bits per heavy atom. The first-order valence-electron chi connectivity index (χ1n) is 9.75. The van der Waals surface area contributed by atoms with E-state index in [-0.39, 0.29) is 6.61 Å². The van der Waals surface area contributed by atoms with Crippen LogP contribution in [0.4, 0.5) is 16.2 Å². The number of ether oxygens (including phenoxy) is 2. The van der Waals surface area contributed by atoms with Crippen molar-refractivity contribution in [3.8, 4) is 17.0 Å². The molecule has 1 fully saturated rings. The third kappa shape index (κ3) is 3.53. The Morgan fingerprint density at radius 1 is 1.28 bits per heavy atom. The molecule has 6 heteroatoms. The van der Waals surface area contributed by atoms with Gasteiger partial charge in [0, 0.05) is 22.7 Å². The van der Waals surface area contributed by atoms with Crippen LogP contribution in [0.3, 0.4) is 0 Å². The molecule has 6 nitrogen and oxygen atoms in total. The lowest BCUT2D eigenvalue weighted by Gasteiger charge is -2.30. The zero-order chi connectivity index (χ0) is 20.4. The van der Waals surface area contributed by atoms with E-state index in [4.69, 9.17) is 15.2 Å². The van der Waals surface area contributed by atoms with Gasteiger partial charge in [-0.25, -0.2) is 4.79 Å². The summed E-state index contributed by atoms with van der Waals surface area (Å²) >= 11 is 0. The second kappa shape index (κ2) is 7.91. The van der Waals surface area contributed by atoms with Crippen molar-refractivity contribution < 1.29 is 14.3 Å². The number of aromatic nitrogens is 1. The lowest BCUT2D eigenvalue weighted by Crippen LogP contribution is -2.18. The largest absolute Gasteiger partial charge is 0.497 e. The first-order chi connectivity index (χ1) is 14.1. The quantitative estimate of drug-likeness (QED) is 0.555. The molecule has 1 aromatic heterocycles. The van der Waals surface area contributed by atoms with Crippen LogP contribution in [-0.4, -0.2) is 24.4 Å². The van der Waals surface area contributed by atoms with Crippen LogP contribution in [0.1, 0.15) is 25.3 Å². The number of amides is 1. The van der Waals surface area contributed by atoms with Crippen molar-refractivity contribution in [2.75, 3.05) is 24.8 Å². The van der Waals surface area contributed by atoms with Crippen molar-refractivity contribution >= 4 is 28.4 Å². The Hall–Kier alpha value is -3.41. The number of nitrogens with zero attached hydrogens (tertiary/aromatic N) is 1. The number of anilines is 2. The standard InChI is InChI=1S/C23H25N3O3/c1-3-13-29-23(27)25-16-9-7-15(8-10-16)22-21(24)19-14-18(28-2)11-12-20(19)26(22)17-5-4-6-17/h3,7-12,14,17H,1,4-6,13,24H2,2H3,(H,25,27). The van der Waals surface area contributed by atoms with Gasteiger partial charge in [-0.05, 0) is 49.6 Å². The number of fused-ring (bicyclic) bond motifs is 1. The number of hydrogen-bond acceptors (Lipinski definition) is 4. The number of carbonyl (C=O) groups is 1. The molecule has 1 aliphatic rings. The van der Waals surface area contributed by atoms with Crippen LogP contribution in [0.2, 0.25) is 0 Å².